The number of hydrogen-bond donors (Lipinski definition) is 0. The monoisotopic (exact) mass is 830 g/mol. The van der Waals surface area contributed by atoms with Crippen LogP contribution in [0, 0.1) is 47.7 Å². The maximum atomic E-state index is 14.5. The van der Waals surface area contributed by atoms with Crippen LogP contribution >= 0.6 is 0 Å². The van der Waals surface area contributed by atoms with Gasteiger partial charge in [-0.15, -0.1) is 13.2 Å². The lowest BCUT2D eigenvalue weighted by Gasteiger charge is -2.29. The zero-order chi connectivity index (χ0) is 42.3. The quantitative estimate of drug-likeness (QED) is 0.105. The van der Waals surface area contributed by atoms with Crippen molar-refractivity contribution in [3.8, 4) is 17.2 Å². The first-order chi connectivity index (χ1) is 26.6. The molecule has 5 rings (SSSR count). The van der Waals surface area contributed by atoms with Crippen LogP contribution in [0.15, 0.2) is 60.7 Å². The van der Waals surface area contributed by atoms with Crippen molar-refractivity contribution in [3.05, 3.63) is 123 Å². The van der Waals surface area contributed by atoms with Crippen molar-refractivity contribution >= 4 is 0 Å². The van der Waals surface area contributed by atoms with Gasteiger partial charge in [-0.1, -0.05) is 44.7 Å². The van der Waals surface area contributed by atoms with Gasteiger partial charge < -0.3 is 14.2 Å². The first-order valence-corrected chi connectivity index (χ1v) is 17.6. The smallest absolute Gasteiger partial charge is 0.488 e. The molecule has 57 heavy (non-hydrogen) atoms. The molecule has 0 unspecified atom stereocenters. The van der Waals surface area contributed by atoms with Crippen molar-refractivity contribution in [3.63, 3.8) is 0 Å². The van der Waals surface area contributed by atoms with Gasteiger partial charge in [0.1, 0.15) is 46.9 Å². The minimum Gasteiger partial charge on any atom is -0.488 e. The van der Waals surface area contributed by atoms with Gasteiger partial charge in [-0.3, -0.25) is 0 Å². The Morgan fingerprint density at radius 3 is 1.63 bits per heavy atom. The Hall–Kier alpha value is -4.70. The van der Waals surface area contributed by atoms with E-state index in [0.717, 1.165) is 43.4 Å². The van der Waals surface area contributed by atoms with Gasteiger partial charge in [0.2, 0.25) is 5.75 Å². The Bertz CT molecular complexity index is 1880. The number of hydrogen-bond acceptors (Lipinski definition) is 3. The van der Waals surface area contributed by atoms with Crippen LogP contribution in [-0.4, -0.2) is 6.36 Å². The van der Waals surface area contributed by atoms with Crippen LogP contribution in [0.3, 0.4) is 0 Å². The Morgan fingerprint density at radius 2 is 1.14 bits per heavy atom. The first kappa shape index (κ1) is 45.0. The van der Waals surface area contributed by atoms with Crippen LogP contribution in [0.25, 0.3) is 0 Å². The topological polar surface area (TPSA) is 27.7 Å². The van der Waals surface area contributed by atoms with E-state index in [2.05, 4.69) is 16.4 Å². The Balaban J connectivity index is 0.000000266. The number of rotatable bonds is 12. The van der Waals surface area contributed by atoms with E-state index in [1.807, 2.05) is 0 Å². The number of benzene rings is 4. The van der Waals surface area contributed by atoms with Gasteiger partial charge in [0.15, 0.2) is 11.6 Å². The maximum absolute atomic E-state index is 14.5. The summed E-state index contributed by atoms with van der Waals surface area (Å²) >= 11 is 0. The molecule has 4 aromatic carbocycles. The summed E-state index contributed by atoms with van der Waals surface area (Å²) in [7, 11) is 0. The average molecular weight is 831 g/mol. The summed E-state index contributed by atoms with van der Waals surface area (Å²) in [5.41, 5.74) is -1.94. The highest BCUT2D eigenvalue weighted by atomic mass is 19.4. The van der Waals surface area contributed by atoms with E-state index in [-0.39, 0.29) is 18.1 Å². The third-order valence-corrected chi connectivity index (χ3v) is 9.18. The van der Waals surface area contributed by atoms with Gasteiger partial charge in [0.25, 0.3) is 0 Å². The molecule has 0 aliphatic heterocycles. The van der Waals surface area contributed by atoms with Crippen LogP contribution in [0.2, 0.25) is 0 Å². The molecule has 0 N–H and O–H groups in total. The second-order valence-electron chi connectivity index (χ2n) is 13.5. The maximum Gasteiger partial charge on any atom is 0.573 e. The van der Waals surface area contributed by atoms with Crippen LogP contribution in [0.4, 0.5) is 61.5 Å². The van der Waals surface area contributed by atoms with E-state index in [1.54, 1.807) is 12.1 Å². The van der Waals surface area contributed by atoms with Crippen LogP contribution < -0.4 is 14.2 Å². The van der Waals surface area contributed by atoms with Gasteiger partial charge in [0, 0.05) is 24.3 Å². The Kier molecular flexibility index (Phi) is 14.8. The van der Waals surface area contributed by atoms with Crippen LogP contribution in [0.1, 0.15) is 92.0 Å². The fraction of sp³-hybridized carbons (Fsp3) is 0.400. The standard InChI is InChI=1S/C25H27F7O.C15H9F7O2/c1-2-3-4-5-16-6-8-17(9-7-16)18-10-12-19(13-11-18)25(31,32)33-20-14-21(26)23(22(27)15-20)24(28,29)30;1-7-2-10(16)9(11(17)3-7)6-23-8-4-12(18)14(13(19)5-8)24-15(20,21)22/h10-17H,2-9H2,1H3;2-5H,6H2,1H3. The zero-order valence-electron chi connectivity index (χ0n) is 30.3. The summed E-state index contributed by atoms with van der Waals surface area (Å²) in [6, 6.07) is 8.62. The summed E-state index contributed by atoms with van der Waals surface area (Å²) in [5, 5.41) is 0. The van der Waals surface area contributed by atoms with Gasteiger partial charge in [-0.2, -0.15) is 22.0 Å². The lowest BCUT2D eigenvalue weighted by Crippen LogP contribution is -2.22. The van der Waals surface area contributed by atoms with Gasteiger partial charge >= 0.3 is 18.6 Å². The highest BCUT2D eigenvalue weighted by Crippen LogP contribution is 2.41. The van der Waals surface area contributed by atoms with E-state index < -0.39 is 94.1 Å². The number of aryl methyl sites for hydroxylation is 1. The number of unbranched alkanes of at least 4 members (excludes halogenated alkanes) is 2. The summed E-state index contributed by atoms with van der Waals surface area (Å²) in [5.74, 6) is -11.5. The van der Waals surface area contributed by atoms with E-state index >= 15 is 0 Å². The van der Waals surface area contributed by atoms with Crippen molar-refractivity contribution < 1.29 is 75.7 Å². The fourth-order valence-electron chi connectivity index (χ4n) is 6.36. The molecule has 0 bridgehead atoms. The summed E-state index contributed by atoms with van der Waals surface area (Å²) in [6.07, 6.45) is -5.44. The van der Waals surface area contributed by atoms with Crippen LogP contribution in [0.5, 0.6) is 17.2 Å². The molecule has 1 fully saturated rings. The minimum atomic E-state index is -5.29. The molecule has 1 aliphatic carbocycles. The van der Waals surface area contributed by atoms with Gasteiger partial charge in [0.05, 0.1) is 11.1 Å². The number of ether oxygens (including phenoxy) is 3. The zero-order valence-corrected chi connectivity index (χ0v) is 30.3. The van der Waals surface area contributed by atoms with Crippen molar-refractivity contribution in [1.82, 2.24) is 0 Å². The summed E-state index contributed by atoms with van der Waals surface area (Å²) in [6.45, 7) is 2.92. The third kappa shape index (κ3) is 12.6. The largest absolute Gasteiger partial charge is 0.573 e. The average Bonchev–Trinajstić information content (AvgIpc) is 3.09. The third-order valence-electron chi connectivity index (χ3n) is 9.18. The summed E-state index contributed by atoms with van der Waals surface area (Å²) in [4.78, 5) is 0. The second-order valence-corrected chi connectivity index (χ2v) is 13.5. The molecular formula is C40H36F14O3. The molecule has 0 amide bonds. The predicted molar refractivity (Wildman–Crippen MR) is 180 cm³/mol. The number of halogens is 14. The highest BCUT2D eigenvalue weighted by Gasteiger charge is 2.40. The molecule has 312 valence electrons. The van der Waals surface area contributed by atoms with E-state index in [9.17, 15) is 61.5 Å². The molecule has 0 atom stereocenters. The second kappa shape index (κ2) is 18.7. The molecule has 0 radical (unpaired) electrons. The SMILES string of the molecule is CCCCCC1CCC(c2ccc(C(F)(F)Oc3cc(F)c(C(F)(F)F)c(F)c3)cc2)CC1.Cc1cc(F)c(COc2cc(F)c(OC(F)(F)F)c(F)c2)c(F)c1. The minimum absolute atomic E-state index is 0.104. The van der Waals surface area contributed by atoms with Crippen molar-refractivity contribution in [2.75, 3.05) is 0 Å². The molecule has 0 aromatic heterocycles. The fourth-order valence-corrected chi connectivity index (χ4v) is 6.36. The highest BCUT2D eigenvalue weighted by molar-refractivity contribution is 5.36. The van der Waals surface area contributed by atoms with Crippen LogP contribution in [-0.2, 0) is 18.9 Å². The normalized spacial score (nSPS) is 16.1. The van der Waals surface area contributed by atoms with Crippen molar-refractivity contribution in [2.45, 2.75) is 96.4 Å². The molecule has 0 saturated heterocycles. The van der Waals surface area contributed by atoms with Crippen molar-refractivity contribution in [2.24, 2.45) is 5.92 Å². The lowest BCUT2D eigenvalue weighted by atomic mass is 9.77. The van der Waals surface area contributed by atoms with E-state index in [1.165, 1.54) is 44.7 Å². The van der Waals surface area contributed by atoms with E-state index in [0.29, 0.717) is 23.6 Å². The molecule has 3 nitrogen and oxygen atoms in total. The van der Waals surface area contributed by atoms with Crippen molar-refractivity contribution in [1.29, 1.82) is 0 Å². The first-order valence-electron chi connectivity index (χ1n) is 17.6. The van der Waals surface area contributed by atoms with Gasteiger partial charge in [-0.05, 0) is 79.8 Å². The molecular weight excluding hydrogens is 794 g/mol. The lowest BCUT2D eigenvalue weighted by molar-refractivity contribution is -0.276. The Labute approximate surface area is 318 Å². The summed E-state index contributed by atoms with van der Waals surface area (Å²) < 4.78 is 197. The molecule has 1 saturated carbocycles. The predicted octanol–water partition coefficient (Wildman–Crippen LogP) is 14.0. The molecule has 0 heterocycles. The molecule has 17 heteroatoms. The van der Waals surface area contributed by atoms with E-state index in [4.69, 9.17) is 4.74 Å². The van der Waals surface area contributed by atoms with Gasteiger partial charge in [-0.25, -0.2) is 26.3 Å². The molecule has 0 spiro atoms. The molecule has 4 aromatic rings. The molecule has 1 aliphatic rings. The number of alkyl halides is 8. The Morgan fingerprint density at radius 1 is 0.614 bits per heavy atom.